The van der Waals surface area contributed by atoms with Crippen LogP contribution in [0, 0.1) is 0 Å². The fourth-order valence-corrected chi connectivity index (χ4v) is 7.67. The van der Waals surface area contributed by atoms with Crippen LogP contribution in [0.15, 0.2) is 82.6 Å². The van der Waals surface area contributed by atoms with E-state index in [1.165, 1.54) is 24.3 Å². The van der Waals surface area contributed by atoms with Gasteiger partial charge in [-0.05, 0) is 72.5 Å². The smallest absolute Gasteiger partial charge is 0.207 e. The Hall–Kier alpha value is -4.29. The first-order valence-electron chi connectivity index (χ1n) is 17.9. The van der Waals surface area contributed by atoms with E-state index in [1.807, 2.05) is 0 Å². The van der Waals surface area contributed by atoms with Gasteiger partial charge in [0.1, 0.15) is 49.4 Å². The van der Waals surface area contributed by atoms with Gasteiger partial charge in [-0.15, -0.1) is 0 Å². The molecule has 4 aromatic rings. The highest BCUT2D eigenvalue weighted by atomic mass is 32.2. The minimum Gasteiger partial charge on any atom is -0.491 e. The standard InChI is InChI=1S/C40H50O14S/c41-15-13-33-35(53-23-19-45)9-11-37(39(33)29-1-5-31(6-2-29)51-27-25-49-21-17-43)55(47,48)38-12-10-36(54-24-20-46)34(14-16-42)40(38)30-3-7-32(8-4-30)52-28-26-50-22-18-44/h1-12,41-46H,13-28H2. The average molecular weight is 787 g/mol. The lowest BCUT2D eigenvalue weighted by Gasteiger charge is -2.22. The van der Waals surface area contributed by atoms with Gasteiger partial charge in [-0.2, -0.15) is 0 Å². The largest absolute Gasteiger partial charge is 0.491 e. The second kappa shape index (κ2) is 22.9. The van der Waals surface area contributed by atoms with Gasteiger partial charge in [0.05, 0.1) is 62.6 Å². The third-order valence-electron chi connectivity index (χ3n) is 8.21. The van der Waals surface area contributed by atoms with Crippen LogP contribution in [0.1, 0.15) is 11.1 Å². The topological polar surface area (TPSA) is 211 Å². The Morgan fingerprint density at radius 3 is 1.13 bits per heavy atom. The Kier molecular flexibility index (Phi) is 18.1. The molecule has 4 aromatic carbocycles. The van der Waals surface area contributed by atoms with Gasteiger partial charge in [0.15, 0.2) is 0 Å². The zero-order valence-corrected chi connectivity index (χ0v) is 31.4. The second-order valence-electron chi connectivity index (χ2n) is 11.8. The molecule has 0 aliphatic heterocycles. The number of aliphatic hydroxyl groups is 6. The molecule has 0 aliphatic rings. The molecular weight excluding hydrogens is 736 g/mol. The highest BCUT2D eigenvalue weighted by Crippen LogP contribution is 2.44. The van der Waals surface area contributed by atoms with Crippen LogP contribution in [0.3, 0.4) is 0 Å². The highest BCUT2D eigenvalue weighted by molar-refractivity contribution is 7.91. The lowest BCUT2D eigenvalue weighted by molar-refractivity contribution is 0.0705. The zero-order valence-electron chi connectivity index (χ0n) is 30.6. The van der Waals surface area contributed by atoms with Crippen molar-refractivity contribution in [1.82, 2.24) is 0 Å². The van der Waals surface area contributed by atoms with Gasteiger partial charge in [-0.1, -0.05) is 24.3 Å². The molecule has 0 aliphatic carbocycles. The summed E-state index contributed by atoms with van der Waals surface area (Å²) in [6.45, 7) is -0.216. The van der Waals surface area contributed by atoms with Crippen LogP contribution in [0.5, 0.6) is 23.0 Å². The Morgan fingerprint density at radius 1 is 0.400 bits per heavy atom. The summed E-state index contributed by atoms with van der Waals surface area (Å²) in [7, 11) is -4.43. The number of rotatable bonds is 26. The molecule has 0 saturated heterocycles. The van der Waals surface area contributed by atoms with E-state index in [1.54, 1.807) is 48.5 Å². The molecule has 6 N–H and O–H groups in total. The maximum absolute atomic E-state index is 15.2. The Bertz CT molecular complexity index is 1720. The van der Waals surface area contributed by atoms with Crippen LogP contribution < -0.4 is 18.9 Å². The predicted molar refractivity (Wildman–Crippen MR) is 203 cm³/mol. The molecule has 0 aromatic heterocycles. The molecule has 0 bridgehead atoms. The number of hydrogen-bond acceptors (Lipinski definition) is 14. The monoisotopic (exact) mass is 786 g/mol. The van der Waals surface area contributed by atoms with Crippen molar-refractivity contribution in [3.63, 3.8) is 0 Å². The van der Waals surface area contributed by atoms with E-state index in [0.717, 1.165) is 0 Å². The van der Waals surface area contributed by atoms with Crippen molar-refractivity contribution < 1.29 is 67.5 Å². The molecule has 15 heteroatoms. The number of sulfone groups is 1. The first-order chi connectivity index (χ1) is 26.8. The van der Waals surface area contributed by atoms with Gasteiger partial charge in [-0.25, -0.2) is 8.42 Å². The van der Waals surface area contributed by atoms with Crippen LogP contribution in [-0.2, 0) is 32.2 Å². The minimum atomic E-state index is -4.43. The molecule has 0 spiro atoms. The summed E-state index contributed by atoms with van der Waals surface area (Å²) in [5.74, 6) is 1.59. The highest BCUT2D eigenvalue weighted by Gasteiger charge is 2.31. The number of aliphatic hydroxyl groups excluding tert-OH is 6. The Morgan fingerprint density at radius 2 is 0.782 bits per heavy atom. The van der Waals surface area contributed by atoms with Gasteiger partial charge < -0.3 is 59.1 Å². The van der Waals surface area contributed by atoms with E-state index in [9.17, 15) is 20.4 Å². The van der Waals surface area contributed by atoms with E-state index in [2.05, 4.69) is 0 Å². The molecule has 0 heterocycles. The average Bonchev–Trinajstić information content (AvgIpc) is 3.20. The number of benzene rings is 4. The molecule has 300 valence electrons. The summed E-state index contributed by atoms with van der Waals surface area (Å²) in [6, 6.07) is 19.4. The normalized spacial score (nSPS) is 11.5. The third kappa shape index (κ3) is 11.9. The molecule has 0 amide bonds. The van der Waals surface area contributed by atoms with Crippen molar-refractivity contribution in [2.24, 2.45) is 0 Å². The lowest BCUT2D eigenvalue weighted by atomic mass is 9.96. The maximum atomic E-state index is 15.2. The van der Waals surface area contributed by atoms with Crippen LogP contribution >= 0.6 is 0 Å². The molecule has 0 fully saturated rings. The third-order valence-corrected chi connectivity index (χ3v) is 10.1. The van der Waals surface area contributed by atoms with Gasteiger partial charge in [0.2, 0.25) is 9.84 Å². The summed E-state index contributed by atoms with van der Waals surface area (Å²) in [6.07, 6.45) is 0.0614. The van der Waals surface area contributed by atoms with Gasteiger partial charge in [0, 0.05) is 35.5 Å². The summed E-state index contributed by atoms with van der Waals surface area (Å²) < 4.78 is 64.1. The minimum absolute atomic E-state index is 0.0307. The molecule has 4 rings (SSSR count). The van der Waals surface area contributed by atoms with E-state index >= 15 is 8.42 Å². The van der Waals surface area contributed by atoms with E-state index in [4.69, 9.17) is 38.6 Å². The Labute approximate surface area is 321 Å². The number of hydrogen-bond donors (Lipinski definition) is 6. The summed E-state index contributed by atoms with van der Waals surface area (Å²) >= 11 is 0. The quantitative estimate of drug-likeness (QED) is 0.0506. The SMILES string of the molecule is O=S(=O)(c1ccc(OCCO)c(CCO)c1-c1ccc(OCCOCCO)cc1)c1ccc(OCCO)c(CCO)c1-c1ccc(OCCOCCO)cc1. The molecule has 0 radical (unpaired) electrons. The van der Waals surface area contributed by atoms with Crippen LogP contribution in [0.25, 0.3) is 22.3 Å². The first kappa shape index (κ1) is 43.4. The van der Waals surface area contributed by atoms with Crippen molar-refractivity contribution in [3.8, 4) is 45.3 Å². The second-order valence-corrected chi connectivity index (χ2v) is 13.7. The van der Waals surface area contributed by atoms with Crippen molar-refractivity contribution >= 4 is 9.84 Å². The molecule has 0 atom stereocenters. The molecule has 0 unspecified atom stereocenters. The van der Waals surface area contributed by atoms with E-state index < -0.39 is 9.84 Å². The Balaban J connectivity index is 1.89. The summed E-state index contributed by atoms with van der Waals surface area (Å²) in [5, 5.41) is 57.3. The molecule has 0 saturated carbocycles. The van der Waals surface area contributed by atoms with Crippen LogP contribution in [0.4, 0.5) is 0 Å². The zero-order chi connectivity index (χ0) is 39.5. The van der Waals surface area contributed by atoms with Gasteiger partial charge >= 0.3 is 0 Å². The van der Waals surface area contributed by atoms with E-state index in [-0.39, 0.29) is 126 Å². The maximum Gasteiger partial charge on any atom is 0.207 e. The first-order valence-corrected chi connectivity index (χ1v) is 19.4. The van der Waals surface area contributed by atoms with Crippen molar-refractivity contribution in [2.45, 2.75) is 22.6 Å². The van der Waals surface area contributed by atoms with Gasteiger partial charge in [-0.3, -0.25) is 0 Å². The molecule has 14 nitrogen and oxygen atoms in total. The number of ether oxygens (including phenoxy) is 6. The molecule has 55 heavy (non-hydrogen) atoms. The molecular formula is C40H50O14S. The van der Waals surface area contributed by atoms with Crippen molar-refractivity contribution in [3.05, 3.63) is 83.9 Å². The van der Waals surface area contributed by atoms with Crippen LogP contribution in [0.2, 0.25) is 0 Å². The lowest BCUT2D eigenvalue weighted by Crippen LogP contribution is -2.13. The summed E-state index contributed by atoms with van der Waals surface area (Å²) in [4.78, 5) is -0.164. The van der Waals surface area contributed by atoms with Gasteiger partial charge in [0.25, 0.3) is 0 Å². The fraction of sp³-hybridized carbons (Fsp3) is 0.400. The van der Waals surface area contributed by atoms with Crippen molar-refractivity contribution in [2.75, 3.05) is 92.5 Å². The predicted octanol–water partition coefficient (Wildman–Crippen LogP) is 2.44. The fourth-order valence-electron chi connectivity index (χ4n) is 5.92. The van der Waals surface area contributed by atoms with Crippen LogP contribution in [-0.4, -0.2) is 132 Å². The summed E-state index contributed by atoms with van der Waals surface area (Å²) in [5.41, 5.74) is 2.37. The van der Waals surface area contributed by atoms with Crippen molar-refractivity contribution in [1.29, 1.82) is 0 Å². The van der Waals surface area contributed by atoms with E-state index in [0.29, 0.717) is 45.3 Å².